The lowest BCUT2D eigenvalue weighted by Gasteiger charge is -2.42. The van der Waals surface area contributed by atoms with Gasteiger partial charge < -0.3 is 10.2 Å². The van der Waals surface area contributed by atoms with Crippen LogP contribution in [-0.4, -0.2) is 23.6 Å². The Labute approximate surface area is 122 Å². The van der Waals surface area contributed by atoms with Gasteiger partial charge >= 0.3 is 0 Å². The third-order valence-electron chi connectivity index (χ3n) is 4.87. The van der Waals surface area contributed by atoms with E-state index in [0.717, 1.165) is 36.8 Å². The highest BCUT2D eigenvalue weighted by atomic mass is 15.2. The number of rotatable bonds is 4. The van der Waals surface area contributed by atoms with Crippen molar-refractivity contribution < 1.29 is 0 Å². The van der Waals surface area contributed by atoms with E-state index in [1.807, 2.05) is 6.20 Å². The van der Waals surface area contributed by atoms with Crippen LogP contribution in [0.1, 0.15) is 45.6 Å². The fourth-order valence-electron chi connectivity index (χ4n) is 3.29. The molecule has 1 aromatic heterocycles. The van der Waals surface area contributed by atoms with E-state index in [1.165, 1.54) is 24.8 Å². The Morgan fingerprint density at radius 3 is 2.85 bits per heavy atom. The molecule has 0 bridgehead atoms. The smallest absolute Gasteiger partial charge is 0.129 e. The van der Waals surface area contributed by atoms with Gasteiger partial charge in [0.25, 0.3) is 0 Å². The predicted molar refractivity (Wildman–Crippen MR) is 83.9 cm³/mol. The lowest BCUT2D eigenvalue weighted by molar-refractivity contribution is 0.295. The number of pyridine rings is 1. The van der Waals surface area contributed by atoms with Crippen LogP contribution in [-0.2, 0) is 6.54 Å². The molecule has 3 nitrogen and oxygen atoms in total. The standard InChI is InChI=1S/C17H27N3/c1-12-8-13(2)14(3)20(11-12)17-9-15(6-7-18-17)10-19-16-4-5-16/h6-7,9,12-14,16,19H,4-5,8,10-11H2,1-3H3. The summed E-state index contributed by atoms with van der Waals surface area (Å²) in [6, 6.07) is 5.77. The zero-order valence-electron chi connectivity index (χ0n) is 13.0. The molecular weight excluding hydrogens is 246 g/mol. The molecule has 1 saturated heterocycles. The Morgan fingerprint density at radius 2 is 2.10 bits per heavy atom. The summed E-state index contributed by atoms with van der Waals surface area (Å²) in [7, 11) is 0. The summed E-state index contributed by atoms with van der Waals surface area (Å²) >= 11 is 0. The van der Waals surface area contributed by atoms with Gasteiger partial charge in [0.15, 0.2) is 0 Å². The van der Waals surface area contributed by atoms with Crippen molar-refractivity contribution in [1.82, 2.24) is 10.3 Å². The molecule has 0 spiro atoms. The lowest BCUT2D eigenvalue weighted by atomic mass is 9.86. The van der Waals surface area contributed by atoms with Gasteiger partial charge in [-0.2, -0.15) is 0 Å². The second kappa shape index (κ2) is 5.72. The number of piperidine rings is 1. The van der Waals surface area contributed by atoms with E-state index in [0.29, 0.717) is 6.04 Å². The molecule has 0 aromatic carbocycles. The van der Waals surface area contributed by atoms with Gasteiger partial charge in [0.1, 0.15) is 5.82 Å². The monoisotopic (exact) mass is 273 g/mol. The Bertz CT molecular complexity index is 455. The van der Waals surface area contributed by atoms with E-state index < -0.39 is 0 Å². The molecule has 0 radical (unpaired) electrons. The fraction of sp³-hybridized carbons (Fsp3) is 0.706. The van der Waals surface area contributed by atoms with Crippen LogP contribution < -0.4 is 10.2 Å². The first-order valence-corrected chi connectivity index (χ1v) is 8.08. The van der Waals surface area contributed by atoms with Crippen LogP contribution in [0.4, 0.5) is 5.82 Å². The van der Waals surface area contributed by atoms with Gasteiger partial charge in [0.2, 0.25) is 0 Å². The fourth-order valence-corrected chi connectivity index (χ4v) is 3.29. The van der Waals surface area contributed by atoms with Crippen molar-refractivity contribution in [3.8, 4) is 0 Å². The number of nitrogens with one attached hydrogen (secondary N) is 1. The van der Waals surface area contributed by atoms with Gasteiger partial charge in [0.05, 0.1) is 0 Å². The average molecular weight is 273 g/mol. The summed E-state index contributed by atoms with van der Waals surface area (Å²) in [6.45, 7) is 9.18. The second-order valence-corrected chi connectivity index (χ2v) is 6.89. The third kappa shape index (κ3) is 3.14. The van der Waals surface area contributed by atoms with Gasteiger partial charge in [0, 0.05) is 31.4 Å². The second-order valence-electron chi connectivity index (χ2n) is 6.89. The maximum absolute atomic E-state index is 4.62. The van der Waals surface area contributed by atoms with Crippen molar-refractivity contribution in [2.24, 2.45) is 11.8 Å². The molecule has 0 amide bonds. The first-order chi connectivity index (χ1) is 9.63. The minimum absolute atomic E-state index is 0.588. The Balaban J connectivity index is 1.72. The summed E-state index contributed by atoms with van der Waals surface area (Å²) in [5, 5.41) is 3.59. The van der Waals surface area contributed by atoms with Crippen molar-refractivity contribution in [3.05, 3.63) is 23.9 Å². The maximum atomic E-state index is 4.62. The largest absolute Gasteiger partial charge is 0.353 e. The van der Waals surface area contributed by atoms with Crippen LogP contribution in [0, 0.1) is 11.8 Å². The van der Waals surface area contributed by atoms with E-state index >= 15 is 0 Å². The summed E-state index contributed by atoms with van der Waals surface area (Å²) in [6.07, 6.45) is 5.99. The van der Waals surface area contributed by atoms with E-state index in [1.54, 1.807) is 0 Å². The molecule has 3 unspecified atom stereocenters. The number of anilines is 1. The highest BCUT2D eigenvalue weighted by Gasteiger charge is 2.29. The van der Waals surface area contributed by atoms with E-state index in [-0.39, 0.29) is 0 Å². The van der Waals surface area contributed by atoms with Crippen LogP contribution in [0.15, 0.2) is 18.3 Å². The zero-order chi connectivity index (χ0) is 14.1. The topological polar surface area (TPSA) is 28.2 Å². The van der Waals surface area contributed by atoms with Crippen molar-refractivity contribution in [2.75, 3.05) is 11.4 Å². The van der Waals surface area contributed by atoms with Crippen LogP contribution in [0.3, 0.4) is 0 Å². The minimum atomic E-state index is 0.588. The predicted octanol–water partition coefficient (Wildman–Crippen LogP) is 3.20. The molecule has 1 aliphatic heterocycles. The number of aromatic nitrogens is 1. The minimum Gasteiger partial charge on any atom is -0.353 e. The summed E-state index contributed by atoms with van der Waals surface area (Å²) in [5.74, 6) is 2.66. The Hall–Kier alpha value is -1.09. The van der Waals surface area contributed by atoms with Gasteiger partial charge in [-0.25, -0.2) is 4.98 Å². The highest BCUT2D eigenvalue weighted by Crippen LogP contribution is 2.30. The maximum Gasteiger partial charge on any atom is 0.129 e. The molecule has 3 heteroatoms. The molecule has 2 heterocycles. The molecule has 1 N–H and O–H groups in total. The summed E-state index contributed by atoms with van der Waals surface area (Å²) in [5.41, 5.74) is 1.36. The van der Waals surface area contributed by atoms with Crippen molar-refractivity contribution in [1.29, 1.82) is 0 Å². The van der Waals surface area contributed by atoms with E-state index in [4.69, 9.17) is 0 Å². The molecule has 1 aliphatic carbocycles. The van der Waals surface area contributed by atoms with Crippen LogP contribution >= 0.6 is 0 Å². The first-order valence-electron chi connectivity index (χ1n) is 8.08. The molecule has 1 saturated carbocycles. The molecule has 2 aliphatic rings. The number of hydrogen-bond donors (Lipinski definition) is 1. The molecule has 20 heavy (non-hydrogen) atoms. The molecule has 3 atom stereocenters. The molecule has 110 valence electrons. The van der Waals surface area contributed by atoms with Crippen molar-refractivity contribution in [3.63, 3.8) is 0 Å². The summed E-state index contributed by atoms with van der Waals surface area (Å²) in [4.78, 5) is 7.12. The van der Waals surface area contributed by atoms with E-state index in [2.05, 4.69) is 48.1 Å². The van der Waals surface area contributed by atoms with Crippen LogP contribution in [0.5, 0.6) is 0 Å². The molecule has 1 aromatic rings. The van der Waals surface area contributed by atoms with Crippen molar-refractivity contribution in [2.45, 2.75) is 58.7 Å². The highest BCUT2D eigenvalue weighted by molar-refractivity contribution is 5.43. The van der Waals surface area contributed by atoms with Crippen LogP contribution in [0.2, 0.25) is 0 Å². The normalized spacial score (nSPS) is 30.6. The molecule has 2 fully saturated rings. The SMILES string of the molecule is CC1CC(C)C(C)N(c2cc(CNC3CC3)ccn2)C1. The van der Waals surface area contributed by atoms with Gasteiger partial charge in [-0.3, -0.25) is 0 Å². The zero-order valence-corrected chi connectivity index (χ0v) is 13.0. The summed E-state index contributed by atoms with van der Waals surface area (Å²) < 4.78 is 0. The Morgan fingerprint density at radius 1 is 1.30 bits per heavy atom. The quantitative estimate of drug-likeness (QED) is 0.913. The Kier molecular flexibility index (Phi) is 3.97. The third-order valence-corrected chi connectivity index (χ3v) is 4.87. The number of nitrogens with zero attached hydrogens (tertiary/aromatic N) is 2. The van der Waals surface area contributed by atoms with Gasteiger partial charge in [-0.15, -0.1) is 0 Å². The van der Waals surface area contributed by atoms with Crippen LogP contribution in [0.25, 0.3) is 0 Å². The lowest BCUT2D eigenvalue weighted by Crippen LogP contribution is -2.46. The molecular formula is C17H27N3. The van der Waals surface area contributed by atoms with E-state index in [9.17, 15) is 0 Å². The average Bonchev–Trinajstić information content (AvgIpc) is 3.25. The molecule has 3 rings (SSSR count). The van der Waals surface area contributed by atoms with Gasteiger partial charge in [-0.1, -0.05) is 13.8 Å². The first kappa shape index (κ1) is 13.9. The van der Waals surface area contributed by atoms with Gasteiger partial charge in [-0.05, 0) is 55.7 Å². The number of hydrogen-bond acceptors (Lipinski definition) is 3. The van der Waals surface area contributed by atoms with Crippen molar-refractivity contribution >= 4 is 5.82 Å².